The third-order valence-corrected chi connectivity index (χ3v) is 6.40. The molecule has 0 aromatic carbocycles. The number of amides is 1. The lowest BCUT2D eigenvalue weighted by Crippen LogP contribution is -2.41. The summed E-state index contributed by atoms with van der Waals surface area (Å²) in [5.41, 5.74) is 1.23. The quantitative estimate of drug-likeness (QED) is 0.625. The van der Waals surface area contributed by atoms with E-state index in [0.717, 1.165) is 4.52 Å². The molecule has 0 aliphatic carbocycles. The third kappa shape index (κ3) is 3.98. The van der Waals surface area contributed by atoms with Crippen LogP contribution in [-0.4, -0.2) is 50.8 Å². The number of halogens is 3. The van der Waals surface area contributed by atoms with Gasteiger partial charge in [0.25, 0.3) is 5.82 Å². The highest BCUT2D eigenvalue weighted by Gasteiger charge is 2.38. The Morgan fingerprint density at radius 3 is 2.60 bits per heavy atom. The maximum atomic E-state index is 13.1. The van der Waals surface area contributed by atoms with E-state index < -0.39 is 12.0 Å². The first-order chi connectivity index (χ1) is 14.2. The Labute approximate surface area is 175 Å². The van der Waals surface area contributed by atoms with E-state index in [2.05, 4.69) is 15.3 Å². The van der Waals surface area contributed by atoms with E-state index in [1.807, 2.05) is 30.3 Å². The van der Waals surface area contributed by atoms with E-state index in [4.69, 9.17) is 0 Å². The van der Waals surface area contributed by atoms with Gasteiger partial charge in [0.05, 0.1) is 6.54 Å². The molecule has 4 rings (SSSR count). The van der Waals surface area contributed by atoms with E-state index in [1.54, 1.807) is 22.3 Å². The third-order valence-electron chi connectivity index (χ3n) is 5.40. The SMILES string of the molecule is Cc1ccsc1CN(C)C(=O)C1CCN(c2ccc3nnc(C(F)(F)F)n3n2)CC1. The van der Waals surface area contributed by atoms with Crippen LogP contribution in [0.5, 0.6) is 0 Å². The molecule has 1 fully saturated rings. The number of hydrogen-bond acceptors (Lipinski definition) is 6. The minimum atomic E-state index is -4.63. The number of aryl methyl sites for hydroxylation is 1. The van der Waals surface area contributed by atoms with Crippen molar-refractivity contribution >= 4 is 28.7 Å². The van der Waals surface area contributed by atoms with Crippen molar-refractivity contribution in [3.8, 4) is 0 Å². The molecule has 3 aromatic rings. The molecular formula is C19H21F3N6OS. The molecule has 1 amide bonds. The number of anilines is 1. The van der Waals surface area contributed by atoms with Crippen LogP contribution in [0.1, 0.15) is 29.1 Å². The van der Waals surface area contributed by atoms with Crippen LogP contribution in [0.15, 0.2) is 23.6 Å². The number of rotatable bonds is 4. The zero-order chi connectivity index (χ0) is 21.5. The molecule has 0 N–H and O–H groups in total. The van der Waals surface area contributed by atoms with Gasteiger partial charge < -0.3 is 9.80 Å². The van der Waals surface area contributed by atoms with Gasteiger partial charge in [-0.1, -0.05) is 0 Å². The summed E-state index contributed by atoms with van der Waals surface area (Å²) in [7, 11) is 1.81. The second-order valence-electron chi connectivity index (χ2n) is 7.47. The number of carbonyl (C=O) groups excluding carboxylic acids is 1. The van der Waals surface area contributed by atoms with Crippen molar-refractivity contribution in [3.63, 3.8) is 0 Å². The van der Waals surface area contributed by atoms with Gasteiger partial charge in [0, 0.05) is 30.9 Å². The van der Waals surface area contributed by atoms with Gasteiger partial charge in [-0.2, -0.15) is 17.7 Å². The van der Waals surface area contributed by atoms with Gasteiger partial charge in [-0.25, -0.2) is 0 Å². The smallest absolute Gasteiger partial charge is 0.355 e. The summed E-state index contributed by atoms with van der Waals surface area (Å²) in [5.74, 6) is -0.726. The molecule has 0 radical (unpaired) electrons. The van der Waals surface area contributed by atoms with Gasteiger partial charge in [0.2, 0.25) is 5.91 Å². The van der Waals surface area contributed by atoms with Crippen molar-refractivity contribution in [2.24, 2.45) is 5.92 Å². The van der Waals surface area contributed by atoms with E-state index in [9.17, 15) is 18.0 Å². The first-order valence-electron chi connectivity index (χ1n) is 9.56. The summed E-state index contributed by atoms with van der Waals surface area (Å²) < 4.78 is 40.0. The van der Waals surface area contributed by atoms with Gasteiger partial charge >= 0.3 is 6.18 Å². The minimum absolute atomic E-state index is 0.0432. The highest BCUT2D eigenvalue weighted by Crippen LogP contribution is 2.29. The molecule has 0 atom stereocenters. The van der Waals surface area contributed by atoms with Crippen LogP contribution in [0.25, 0.3) is 5.65 Å². The molecule has 1 aliphatic rings. The monoisotopic (exact) mass is 438 g/mol. The van der Waals surface area contributed by atoms with E-state index in [1.165, 1.54) is 16.5 Å². The van der Waals surface area contributed by atoms with Crippen molar-refractivity contribution in [2.45, 2.75) is 32.5 Å². The van der Waals surface area contributed by atoms with Gasteiger partial charge in [0.15, 0.2) is 5.65 Å². The minimum Gasteiger partial charge on any atom is -0.355 e. The van der Waals surface area contributed by atoms with Crippen molar-refractivity contribution < 1.29 is 18.0 Å². The maximum Gasteiger partial charge on any atom is 0.453 e. The number of aromatic nitrogens is 4. The molecule has 0 spiro atoms. The number of piperidine rings is 1. The largest absolute Gasteiger partial charge is 0.453 e. The molecule has 1 aliphatic heterocycles. The molecule has 160 valence electrons. The zero-order valence-electron chi connectivity index (χ0n) is 16.6. The van der Waals surface area contributed by atoms with Crippen molar-refractivity contribution in [2.75, 3.05) is 25.0 Å². The fourth-order valence-corrected chi connectivity index (χ4v) is 4.61. The Bertz CT molecular complexity index is 1050. The van der Waals surface area contributed by atoms with E-state index in [0.29, 0.717) is 38.3 Å². The summed E-state index contributed by atoms with van der Waals surface area (Å²) in [6.45, 7) is 3.72. The van der Waals surface area contributed by atoms with E-state index >= 15 is 0 Å². The van der Waals surface area contributed by atoms with Gasteiger partial charge in [-0.05, 0) is 48.9 Å². The van der Waals surface area contributed by atoms with Crippen LogP contribution in [0.3, 0.4) is 0 Å². The van der Waals surface area contributed by atoms with Crippen LogP contribution in [0.4, 0.5) is 19.0 Å². The van der Waals surface area contributed by atoms with Gasteiger partial charge in [0.1, 0.15) is 5.82 Å². The number of hydrogen-bond donors (Lipinski definition) is 0. The highest BCUT2D eigenvalue weighted by atomic mass is 32.1. The van der Waals surface area contributed by atoms with Crippen molar-refractivity contribution in [3.05, 3.63) is 39.8 Å². The average molecular weight is 438 g/mol. The first kappa shape index (κ1) is 20.6. The van der Waals surface area contributed by atoms with Gasteiger partial charge in [-0.3, -0.25) is 4.79 Å². The van der Waals surface area contributed by atoms with Crippen molar-refractivity contribution in [1.29, 1.82) is 0 Å². The predicted molar refractivity (Wildman–Crippen MR) is 106 cm³/mol. The molecule has 0 saturated carbocycles. The number of nitrogens with zero attached hydrogens (tertiary/aromatic N) is 6. The lowest BCUT2D eigenvalue weighted by atomic mass is 9.95. The van der Waals surface area contributed by atoms with Gasteiger partial charge in [-0.15, -0.1) is 26.6 Å². The molecular weight excluding hydrogens is 417 g/mol. The molecule has 11 heteroatoms. The number of fused-ring (bicyclic) bond motifs is 1. The standard InChI is InChI=1S/C19H21F3N6OS/c1-12-7-10-30-14(12)11-26(2)17(29)13-5-8-27(9-6-13)16-4-3-15-23-24-18(19(20,21)22)28(15)25-16/h3-4,7,10,13H,5-6,8-9,11H2,1-2H3. The summed E-state index contributed by atoms with van der Waals surface area (Å²) in [6, 6.07) is 5.15. The molecule has 0 unspecified atom stereocenters. The molecule has 3 aromatic heterocycles. The maximum absolute atomic E-state index is 13.1. The Kier molecular flexibility index (Phi) is 5.39. The van der Waals surface area contributed by atoms with Crippen LogP contribution in [-0.2, 0) is 17.5 Å². The Morgan fingerprint density at radius 2 is 1.97 bits per heavy atom. The summed E-state index contributed by atoms with van der Waals surface area (Å²) in [6.07, 6.45) is -3.38. The molecule has 30 heavy (non-hydrogen) atoms. The Balaban J connectivity index is 1.42. The normalized spacial score (nSPS) is 15.7. The fraction of sp³-hybridized carbons (Fsp3) is 0.474. The van der Waals surface area contributed by atoms with Crippen LogP contribution in [0.2, 0.25) is 0 Å². The topological polar surface area (TPSA) is 66.6 Å². The highest BCUT2D eigenvalue weighted by molar-refractivity contribution is 7.10. The van der Waals surface area contributed by atoms with Crippen LogP contribution in [0, 0.1) is 12.8 Å². The molecule has 0 bridgehead atoms. The molecule has 7 nitrogen and oxygen atoms in total. The lowest BCUT2D eigenvalue weighted by molar-refractivity contribution is -0.146. The van der Waals surface area contributed by atoms with Crippen molar-refractivity contribution in [1.82, 2.24) is 24.7 Å². The van der Waals surface area contributed by atoms with Crippen LogP contribution >= 0.6 is 11.3 Å². The zero-order valence-corrected chi connectivity index (χ0v) is 17.4. The average Bonchev–Trinajstić information content (AvgIpc) is 3.33. The number of alkyl halides is 3. The summed E-state index contributed by atoms with van der Waals surface area (Å²) in [5, 5.41) is 12.8. The van der Waals surface area contributed by atoms with E-state index in [-0.39, 0.29) is 17.5 Å². The van der Waals surface area contributed by atoms with Crippen LogP contribution < -0.4 is 4.90 Å². The molecule has 4 heterocycles. The summed E-state index contributed by atoms with van der Waals surface area (Å²) >= 11 is 1.64. The summed E-state index contributed by atoms with van der Waals surface area (Å²) in [4.78, 5) is 17.7. The number of thiophene rings is 1. The second kappa shape index (κ2) is 7.86. The fourth-order valence-electron chi connectivity index (χ4n) is 3.65. The predicted octanol–water partition coefficient (Wildman–Crippen LogP) is 3.39. The number of carbonyl (C=O) groups is 1. The second-order valence-corrected chi connectivity index (χ2v) is 8.47. The lowest BCUT2D eigenvalue weighted by Gasteiger charge is -2.33. The Morgan fingerprint density at radius 1 is 1.23 bits per heavy atom. The molecule has 1 saturated heterocycles. The first-order valence-corrected chi connectivity index (χ1v) is 10.4. The Hall–Kier alpha value is -2.69.